The average molecular weight is 361 g/mol. The lowest BCUT2D eigenvalue weighted by Crippen LogP contribution is -2.26. The average Bonchev–Trinajstić information content (AvgIpc) is 3.05. The predicted octanol–water partition coefficient (Wildman–Crippen LogP) is 4.67. The number of halogens is 2. The van der Waals surface area contributed by atoms with E-state index >= 15 is 0 Å². The molecule has 0 radical (unpaired) electrons. The van der Waals surface area contributed by atoms with Crippen LogP contribution in [0, 0.1) is 6.01 Å². The maximum atomic E-state index is 13.5. The molecule has 2 aromatic heterocycles. The molecular weight excluding hydrogens is 343 g/mol. The third kappa shape index (κ3) is 3.34. The first kappa shape index (κ1) is 16.4. The largest absolute Gasteiger partial charge is 0.487 e. The maximum Gasteiger partial charge on any atom is 0.278 e. The van der Waals surface area contributed by atoms with E-state index in [4.69, 9.17) is 20.8 Å². The van der Waals surface area contributed by atoms with Crippen molar-refractivity contribution in [2.24, 2.45) is 0 Å². The van der Waals surface area contributed by atoms with Gasteiger partial charge in [-0.3, -0.25) is 4.98 Å². The lowest BCUT2D eigenvalue weighted by Gasteiger charge is -2.24. The topological polar surface area (TPSA) is 47.3 Å². The smallest absolute Gasteiger partial charge is 0.278 e. The molecule has 1 aromatic carbocycles. The number of benzene rings is 1. The third-order valence-corrected chi connectivity index (χ3v) is 4.99. The molecule has 1 aliphatic rings. The second kappa shape index (κ2) is 7.02. The number of ether oxygens (including phenoxy) is 1. The summed E-state index contributed by atoms with van der Waals surface area (Å²) in [5.74, 6) is 1.23. The second-order valence-corrected chi connectivity index (χ2v) is 6.63. The summed E-state index contributed by atoms with van der Waals surface area (Å²) in [6.07, 6.45) is 5.70. The standard InChI is InChI=1S/C19H18ClFN2O2/c20-16-2-1-13(19-15(16)9-18(21)25-19)11-24-17-10-23-8-5-14(17)12-3-6-22-7-4-12/h1-2,5,8-10,12,22H,3-4,6-7,11H2. The minimum atomic E-state index is -0.652. The fraction of sp³-hybridized carbons (Fsp3) is 0.316. The summed E-state index contributed by atoms with van der Waals surface area (Å²) < 4.78 is 24.7. The molecule has 0 aliphatic carbocycles. The lowest BCUT2D eigenvalue weighted by molar-refractivity contribution is 0.294. The molecule has 0 atom stereocenters. The molecule has 4 nitrogen and oxygen atoms in total. The van der Waals surface area contributed by atoms with Crippen molar-refractivity contribution in [3.8, 4) is 5.75 Å². The Morgan fingerprint density at radius 2 is 2.12 bits per heavy atom. The first-order chi connectivity index (χ1) is 12.2. The summed E-state index contributed by atoms with van der Waals surface area (Å²) in [7, 11) is 0. The molecular formula is C19H18ClFN2O2. The molecule has 1 saturated heterocycles. The van der Waals surface area contributed by atoms with Crippen molar-refractivity contribution in [3.05, 3.63) is 58.8 Å². The zero-order chi connectivity index (χ0) is 17.2. The van der Waals surface area contributed by atoms with E-state index in [9.17, 15) is 4.39 Å². The predicted molar refractivity (Wildman–Crippen MR) is 94.6 cm³/mol. The molecule has 6 heteroatoms. The Hall–Kier alpha value is -2.11. The van der Waals surface area contributed by atoms with Crippen molar-refractivity contribution >= 4 is 22.6 Å². The van der Waals surface area contributed by atoms with Crippen LogP contribution in [-0.2, 0) is 6.61 Å². The van der Waals surface area contributed by atoms with Crippen LogP contribution in [0.2, 0.25) is 5.02 Å². The maximum absolute atomic E-state index is 13.5. The van der Waals surface area contributed by atoms with Crippen molar-refractivity contribution in [1.82, 2.24) is 10.3 Å². The van der Waals surface area contributed by atoms with E-state index in [0.29, 0.717) is 21.9 Å². The summed E-state index contributed by atoms with van der Waals surface area (Å²) in [5.41, 5.74) is 2.35. The van der Waals surface area contributed by atoms with Crippen LogP contribution in [0.5, 0.6) is 5.75 Å². The van der Waals surface area contributed by atoms with Crippen LogP contribution < -0.4 is 10.1 Å². The molecule has 3 aromatic rings. The summed E-state index contributed by atoms with van der Waals surface area (Å²) in [5, 5.41) is 4.39. The number of pyridine rings is 1. The number of aromatic nitrogens is 1. The van der Waals surface area contributed by atoms with Gasteiger partial charge < -0.3 is 14.5 Å². The Labute approximate surface area is 150 Å². The van der Waals surface area contributed by atoms with Gasteiger partial charge in [-0.2, -0.15) is 4.39 Å². The van der Waals surface area contributed by atoms with Gasteiger partial charge in [-0.15, -0.1) is 0 Å². The van der Waals surface area contributed by atoms with Crippen molar-refractivity contribution in [1.29, 1.82) is 0 Å². The van der Waals surface area contributed by atoms with Gasteiger partial charge in [0.2, 0.25) is 0 Å². The summed E-state index contributed by atoms with van der Waals surface area (Å²) >= 11 is 6.10. The Morgan fingerprint density at radius 3 is 2.96 bits per heavy atom. The van der Waals surface area contributed by atoms with Gasteiger partial charge in [-0.1, -0.05) is 17.7 Å². The van der Waals surface area contributed by atoms with E-state index in [1.807, 2.05) is 6.07 Å². The van der Waals surface area contributed by atoms with Crippen LogP contribution in [0.3, 0.4) is 0 Å². The molecule has 4 rings (SSSR count). The minimum absolute atomic E-state index is 0.268. The van der Waals surface area contributed by atoms with E-state index in [-0.39, 0.29) is 6.61 Å². The summed E-state index contributed by atoms with van der Waals surface area (Å²) in [6.45, 7) is 2.29. The Kier molecular flexibility index (Phi) is 4.59. The van der Waals surface area contributed by atoms with Crippen molar-refractivity contribution in [2.45, 2.75) is 25.4 Å². The van der Waals surface area contributed by atoms with E-state index in [2.05, 4.69) is 10.3 Å². The van der Waals surface area contributed by atoms with Gasteiger partial charge in [-0.05, 0) is 44.0 Å². The number of piperidine rings is 1. The molecule has 0 unspecified atom stereocenters. The number of rotatable bonds is 4. The quantitative estimate of drug-likeness (QED) is 0.734. The van der Waals surface area contributed by atoms with Gasteiger partial charge in [0.25, 0.3) is 6.01 Å². The van der Waals surface area contributed by atoms with Crippen molar-refractivity contribution in [3.63, 3.8) is 0 Å². The molecule has 3 heterocycles. The summed E-state index contributed by atoms with van der Waals surface area (Å²) in [6, 6.07) is 6.20. The number of nitrogens with zero attached hydrogens (tertiary/aromatic N) is 1. The van der Waals surface area contributed by atoms with Gasteiger partial charge in [0.05, 0.1) is 11.2 Å². The van der Waals surface area contributed by atoms with Gasteiger partial charge in [0.1, 0.15) is 17.9 Å². The van der Waals surface area contributed by atoms with Crippen molar-refractivity contribution < 1.29 is 13.5 Å². The van der Waals surface area contributed by atoms with E-state index in [1.165, 1.54) is 11.6 Å². The first-order valence-electron chi connectivity index (χ1n) is 8.36. The van der Waals surface area contributed by atoms with Gasteiger partial charge in [0, 0.05) is 28.8 Å². The van der Waals surface area contributed by atoms with E-state index in [0.717, 1.165) is 37.2 Å². The number of furan rings is 1. The third-order valence-electron chi connectivity index (χ3n) is 4.66. The monoisotopic (exact) mass is 360 g/mol. The molecule has 25 heavy (non-hydrogen) atoms. The highest BCUT2D eigenvalue weighted by molar-refractivity contribution is 6.35. The Morgan fingerprint density at radius 1 is 1.28 bits per heavy atom. The van der Waals surface area contributed by atoms with Crippen molar-refractivity contribution in [2.75, 3.05) is 13.1 Å². The molecule has 1 aliphatic heterocycles. The number of hydrogen-bond donors (Lipinski definition) is 1. The van der Waals surface area contributed by atoms with Crippen LogP contribution in [0.25, 0.3) is 11.0 Å². The number of hydrogen-bond acceptors (Lipinski definition) is 4. The molecule has 1 N–H and O–H groups in total. The van der Waals surface area contributed by atoms with Crippen LogP contribution in [0.1, 0.15) is 29.9 Å². The lowest BCUT2D eigenvalue weighted by atomic mass is 9.90. The molecule has 0 amide bonds. The zero-order valence-corrected chi connectivity index (χ0v) is 14.4. The molecule has 0 bridgehead atoms. The van der Waals surface area contributed by atoms with Gasteiger partial charge in [0.15, 0.2) is 0 Å². The van der Waals surface area contributed by atoms with Gasteiger partial charge in [-0.25, -0.2) is 0 Å². The normalized spacial score (nSPS) is 15.6. The highest BCUT2D eigenvalue weighted by Crippen LogP contribution is 2.34. The second-order valence-electron chi connectivity index (χ2n) is 6.23. The number of nitrogens with one attached hydrogen (secondary N) is 1. The fourth-order valence-electron chi connectivity index (χ4n) is 3.37. The highest BCUT2D eigenvalue weighted by Gasteiger charge is 2.19. The summed E-state index contributed by atoms with van der Waals surface area (Å²) in [4.78, 5) is 4.19. The fourth-order valence-corrected chi connectivity index (χ4v) is 3.57. The van der Waals surface area contributed by atoms with Crippen LogP contribution in [0.15, 0.2) is 41.1 Å². The van der Waals surface area contributed by atoms with Crippen LogP contribution in [-0.4, -0.2) is 18.1 Å². The molecule has 1 fully saturated rings. The van der Waals surface area contributed by atoms with Crippen LogP contribution in [0.4, 0.5) is 4.39 Å². The van der Waals surface area contributed by atoms with Gasteiger partial charge >= 0.3 is 0 Å². The van der Waals surface area contributed by atoms with E-state index < -0.39 is 6.01 Å². The Bertz CT molecular complexity index is 890. The molecule has 0 saturated carbocycles. The molecule has 130 valence electrons. The SMILES string of the molecule is Fc1cc2c(Cl)ccc(COc3cnccc3C3CCNCC3)c2o1. The zero-order valence-electron chi connectivity index (χ0n) is 13.6. The van der Waals surface area contributed by atoms with Crippen LogP contribution >= 0.6 is 11.6 Å². The number of fused-ring (bicyclic) bond motifs is 1. The first-order valence-corrected chi connectivity index (χ1v) is 8.74. The van der Waals surface area contributed by atoms with E-state index in [1.54, 1.807) is 24.5 Å². The highest BCUT2D eigenvalue weighted by atomic mass is 35.5. The minimum Gasteiger partial charge on any atom is -0.487 e. The Balaban J connectivity index is 1.59. The molecule has 0 spiro atoms.